The van der Waals surface area contributed by atoms with Crippen LogP contribution in [0.3, 0.4) is 0 Å². The zero-order valence-electron chi connectivity index (χ0n) is 13.6. The molecule has 0 saturated carbocycles. The normalized spacial score (nSPS) is 13.8. The molecular weight excluding hydrogens is 280 g/mol. The number of carboxylic acid groups (broad SMARTS) is 1. The highest BCUT2D eigenvalue weighted by Gasteiger charge is 2.29. The zero-order chi connectivity index (χ0) is 16.5. The minimum atomic E-state index is -0.854. The summed E-state index contributed by atoms with van der Waals surface area (Å²) >= 11 is 0. The molecule has 2 atom stereocenters. The van der Waals surface area contributed by atoms with Gasteiger partial charge < -0.3 is 9.84 Å². The van der Waals surface area contributed by atoms with Crippen LogP contribution >= 0.6 is 0 Å². The molecule has 0 heterocycles. The molecule has 0 bridgehead atoms. The molecule has 0 aliphatic rings. The van der Waals surface area contributed by atoms with Crippen LogP contribution in [-0.4, -0.2) is 23.5 Å². The van der Waals surface area contributed by atoms with E-state index in [-0.39, 0.29) is 30.6 Å². The van der Waals surface area contributed by atoms with Crippen molar-refractivity contribution in [3.63, 3.8) is 0 Å². The first-order valence-electron chi connectivity index (χ1n) is 7.82. The van der Waals surface area contributed by atoms with E-state index in [1.54, 1.807) is 0 Å². The third kappa shape index (κ3) is 5.98. The van der Waals surface area contributed by atoms with Gasteiger partial charge in [0.15, 0.2) is 0 Å². The summed E-state index contributed by atoms with van der Waals surface area (Å²) in [5, 5.41) is 9.34. The minimum absolute atomic E-state index is 0.0806. The number of carbonyl (C=O) groups excluding carboxylic acids is 1. The maximum atomic E-state index is 12.0. The van der Waals surface area contributed by atoms with E-state index in [1.165, 1.54) is 0 Å². The van der Waals surface area contributed by atoms with Crippen LogP contribution in [0.2, 0.25) is 0 Å². The molecule has 1 N–H and O–H groups in total. The van der Waals surface area contributed by atoms with Crippen LogP contribution < -0.4 is 0 Å². The fourth-order valence-electron chi connectivity index (χ4n) is 2.42. The molecule has 22 heavy (non-hydrogen) atoms. The van der Waals surface area contributed by atoms with Gasteiger partial charge in [-0.05, 0) is 12.0 Å². The summed E-state index contributed by atoms with van der Waals surface area (Å²) in [6.07, 6.45) is 0.761. The maximum absolute atomic E-state index is 12.0. The van der Waals surface area contributed by atoms with Crippen LogP contribution in [0, 0.1) is 17.8 Å². The number of hydrogen-bond donors (Lipinski definition) is 1. The number of rotatable bonds is 10. The lowest BCUT2D eigenvalue weighted by atomic mass is 9.85. The Kier molecular flexibility index (Phi) is 7.82. The first-order chi connectivity index (χ1) is 10.5. The van der Waals surface area contributed by atoms with Crippen molar-refractivity contribution in [2.75, 3.05) is 6.61 Å². The molecular formula is C18H26O4. The topological polar surface area (TPSA) is 63.6 Å². The second-order valence-electron chi connectivity index (χ2n) is 5.94. The predicted octanol–water partition coefficient (Wildman–Crippen LogP) is 3.55. The molecule has 0 fully saturated rings. The molecule has 0 radical (unpaired) electrons. The van der Waals surface area contributed by atoms with E-state index in [9.17, 15) is 14.7 Å². The van der Waals surface area contributed by atoms with Gasteiger partial charge in [0.25, 0.3) is 0 Å². The molecule has 0 aliphatic carbocycles. The van der Waals surface area contributed by atoms with Gasteiger partial charge in [-0.15, -0.1) is 0 Å². The second kappa shape index (κ2) is 9.36. The van der Waals surface area contributed by atoms with E-state index < -0.39 is 11.9 Å². The molecule has 4 heteroatoms. The average Bonchev–Trinajstić information content (AvgIpc) is 2.48. The van der Waals surface area contributed by atoms with Crippen molar-refractivity contribution in [2.45, 2.75) is 40.2 Å². The van der Waals surface area contributed by atoms with Crippen LogP contribution in [0.25, 0.3) is 0 Å². The third-order valence-corrected chi connectivity index (χ3v) is 3.88. The number of Topliss-reactive ketones (excluding diaryl/α,β-unsaturated/α-hetero) is 1. The molecule has 4 nitrogen and oxygen atoms in total. The van der Waals surface area contributed by atoms with Crippen LogP contribution in [0.15, 0.2) is 30.3 Å². The summed E-state index contributed by atoms with van der Waals surface area (Å²) in [6.45, 7) is 6.24. The summed E-state index contributed by atoms with van der Waals surface area (Å²) in [7, 11) is 0. The van der Waals surface area contributed by atoms with Gasteiger partial charge in [-0.25, -0.2) is 0 Å². The number of aliphatic carboxylic acids is 1. The number of hydrogen-bond acceptors (Lipinski definition) is 3. The highest BCUT2D eigenvalue weighted by atomic mass is 16.5. The number of carbonyl (C=O) groups is 2. The van der Waals surface area contributed by atoms with Crippen molar-refractivity contribution >= 4 is 11.8 Å². The number of ketones is 1. The van der Waals surface area contributed by atoms with Gasteiger partial charge in [-0.1, -0.05) is 51.1 Å². The molecule has 0 aliphatic heterocycles. The lowest BCUT2D eigenvalue weighted by molar-refractivity contribution is -0.145. The predicted molar refractivity (Wildman–Crippen MR) is 85.5 cm³/mol. The Morgan fingerprint density at radius 1 is 1.18 bits per heavy atom. The molecule has 1 rings (SSSR count). The molecule has 0 aromatic heterocycles. The standard InChI is InChI=1S/C18H26O4/c1-4-16(18(20)21)15(10-17(19)13(2)3)12-22-11-14-8-6-5-7-9-14/h5-9,13,15-16H,4,10-12H2,1-3H3,(H,20,21)/t15-,16+/m1/s1. The quantitative estimate of drug-likeness (QED) is 0.718. The fourth-order valence-corrected chi connectivity index (χ4v) is 2.42. The molecule has 0 saturated heterocycles. The first-order valence-corrected chi connectivity index (χ1v) is 7.82. The Hall–Kier alpha value is -1.68. The lowest BCUT2D eigenvalue weighted by Crippen LogP contribution is -2.30. The summed E-state index contributed by atoms with van der Waals surface area (Å²) in [6, 6.07) is 9.73. The number of ether oxygens (including phenoxy) is 1. The first kappa shape index (κ1) is 18.4. The van der Waals surface area contributed by atoms with E-state index in [0.29, 0.717) is 13.0 Å². The largest absolute Gasteiger partial charge is 0.481 e. The van der Waals surface area contributed by atoms with Crippen LogP contribution in [0.1, 0.15) is 39.2 Å². The fraction of sp³-hybridized carbons (Fsp3) is 0.556. The van der Waals surface area contributed by atoms with E-state index in [1.807, 2.05) is 51.1 Å². The van der Waals surface area contributed by atoms with Gasteiger partial charge >= 0.3 is 5.97 Å². The van der Waals surface area contributed by atoms with Gasteiger partial charge in [-0.2, -0.15) is 0 Å². The van der Waals surface area contributed by atoms with Crippen molar-refractivity contribution in [1.82, 2.24) is 0 Å². The van der Waals surface area contributed by atoms with Crippen molar-refractivity contribution in [3.05, 3.63) is 35.9 Å². The molecule has 0 spiro atoms. The van der Waals surface area contributed by atoms with Crippen LogP contribution in [-0.2, 0) is 20.9 Å². The average molecular weight is 306 g/mol. The van der Waals surface area contributed by atoms with E-state index in [0.717, 1.165) is 5.56 Å². The van der Waals surface area contributed by atoms with Crippen molar-refractivity contribution in [1.29, 1.82) is 0 Å². The summed E-state index contributed by atoms with van der Waals surface area (Å²) in [4.78, 5) is 23.4. The summed E-state index contributed by atoms with van der Waals surface area (Å²) < 4.78 is 5.68. The molecule has 0 amide bonds. The number of carboxylic acids is 1. The van der Waals surface area contributed by atoms with Crippen molar-refractivity contribution in [3.8, 4) is 0 Å². The Balaban J connectivity index is 2.64. The second-order valence-corrected chi connectivity index (χ2v) is 5.94. The Labute approximate surface area is 132 Å². The van der Waals surface area contributed by atoms with E-state index >= 15 is 0 Å². The molecule has 1 aromatic rings. The van der Waals surface area contributed by atoms with E-state index in [4.69, 9.17) is 4.74 Å². The zero-order valence-corrected chi connectivity index (χ0v) is 13.6. The van der Waals surface area contributed by atoms with Gasteiger partial charge in [-0.3, -0.25) is 9.59 Å². The van der Waals surface area contributed by atoms with E-state index in [2.05, 4.69) is 0 Å². The van der Waals surface area contributed by atoms with Crippen molar-refractivity contribution in [2.24, 2.45) is 17.8 Å². The summed E-state index contributed by atoms with van der Waals surface area (Å²) in [5.74, 6) is -1.66. The highest BCUT2D eigenvalue weighted by molar-refractivity contribution is 5.81. The Bertz CT molecular complexity index is 467. The third-order valence-electron chi connectivity index (χ3n) is 3.88. The molecule has 122 valence electrons. The lowest BCUT2D eigenvalue weighted by Gasteiger charge is -2.23. The Morgan fingerprint density at radius 2 is 1.82 bits per heavy atom. The number of benzene rings is 1. The molecule has 1 aromatic carbocycles. The minimum Gasteiger partial charge on any atom is -0.481 e. The monoisotopic (exact) mass is 306 g/mol. The Morgan fingerprint density at radius 3 is 2.32 bits per heavy atom. The van der Waals surface area contributed by atoms with Crippen LogP contribution in [0.5, 0.6) is 0 Å². The smallest absolute Gasteiger partial charge is 0.306 e. The SMILES string of the molecule is CC[C@H](C(=O)O)[C@@H](COCc1ccccc1)CC(=O)C(C)C. The van der Waals surface area contributed by atoms with Crippen molar-refractivity contribution < 1.29 is 19.4 Å². The summed E-state index contributed by atoms with van der Waals surface area (Å²) in [5.41, 5.74) is 1.04. The highest BCUT2D eigenvalue weighted by Crippen LogP contribution is 2.23. The maximum Gasteiger partial charge on any atom is 0.306 e. The van der Waals surface area contributed by atoms with Gasteiger partial charge in [0, 0.05) is 18.3 Å². The van der Waals surface area contributed by atoms with Gasteiger partial charge in [0.05, 0.1) is 19.1 Å². The van der Waals surface area contributed by atoms with Gasteiger partial charge in [0.1, 0.15) is 5.78 Å². The molecule has 0 unspecified atom stereocenters. The van der Waals surface area contributed by atoms with Crippen LogP contribution in [0.4, 0.5) is 0 Å². The van der Waals surface area contributed by atoms with Gasteiger partial charge in [0.2, 0.25) is 0 Å².